The zero-order valence-electron chi connectivity index (χ0n) is 11.4. The fraction of sp³-hybridized carbons (Fsp3) is 0.231. The first-order chi connectivity index (χ1) is 9.99. The predicted octanol–water partition coefficient (Wildman–Crippen LogP) is 0.883. The summed E-state index contributed by atoms with van der Waals surface area (Å²) in [5.74, 6) is -0.523. The van der Waals surface area contributed by atoms with Gasteiger partial charge >= 0.3 is 5.69 Å². The number of aryl methyl sites for hydroxylation is 1. The van der Waals surface area contributed by atoms with Crippen molar-refractivity contribution in [1.29, 1.82) is 0 Å². The van der Waals surface area contributed by atoms with E-state index in [1.54, 1.807) is 17.9 Å². The number of rotatable bonds is 5. The number of nitrogens with zero attached hydrogens (tertiary/aromatic N) is 3. The van der Waals surface area contributed by atoms with Gasteiger partial charge in [0.2, 0.25) is 0 Å². The average Bonchev–Trinajstić information content (AvgIpc) is 2.83. The lowest BCUT2D eigenvalue weighted by Crippen LogP contribution is -2.26. The summed E-state index contributed by atoms with van der Waals surface area (Å²) in [6, 6.07) is 6.12. The molecule has 1 aromatic carbocycles. The highest BCUT2D eigenvalue weighted by Gasteiger charge is 2.22. The van der Waals surface area contributed by atoms with E-state index < -0.39 is 10.8 Å². The van der Waals surface area contributed by atoms with Crippen molar-refractivity contribution in [3.05, 3.63) is 51.8 Å². The highest BCUT2D eigenvalue weighted by Crippen LogP contribution is 2.25. The van der Waals surface area contributed by atoms with E-state index in [1.807, 2.05) is 6.07 Å². The van der Waals surface area contributed by atoms with Crippen LogP contribution < -0.4 is 11.1 Å². The molecule has 21 heavy (non-hydrogen) atoms. The first-order valence-electron chi connectivity index (χ1n) is 6.28. The number of nitrogen functional groups attached to an aromatic ring is 1. The van der Waals surface area contributed by atoms with Gasteiger partial charge in [-0.3, -0.25) is 19.6 Å². The number of para-hydroxylation sites is 1. The van der Waals surface area contributed by atoms with E-state index in [1.165, 1.54) is 18.2 Å². The van der Waals surface area contributed by atoms with Gasteiger partial charge in [-0.2, -0.15) is 5.10 Å². The molecule has 1 aromatic heterocycles. The predicted molar refractivity (Wildman–Crippen MR) is 76.8 cm³/mol. The fourth-order valence-corrected chi connectivity index (χ4v) is 1.94. The summed E-state index contributed by atoms with van der Waals surface area (Å²) in [5, 5.41) is 17.8. The molecule has 0 aliphatic rings. The Hall–Kier alpha value is -2.90. The molecule has 8 heteroatoms. The highest BCUT2D eigenvalue weighted by atomic mass is 16.6. The number of aromatic nitrogens is 2. The number of carbonyl (C=O) groups is 1. The molecule has 0 atom stereocenters. The van der Waals surface area contributed by atoms with Gasteiger partial charge in [-0.15, -0.1) is 0 Å². The molecule has 0 saturated carbocycles. The molecule has 0 saturated heterocycles. The molecule has 3 N–H and O–H groups in total. The number of nitrogens with one attached hydrogen (secondary N) is 1. The zero-order chi connectivity index (χ0) is 15.4. The number of amides is 1. The third-order valence-electron chi connectivity index (χ3n) is 2.93. The van der Waals surface area contributed by atoms with Crippen molar-refractivity contribution >= 4 is 17.3 Å². The lowest BCUT2D eigenvalue weighted by Gasteiger charge is -2.06. The van der Waals surface area contributed by atoms with Crippen molar-refractivity contribution in [2.24, 2.45) is 7.05 Å². The maximum atomic E-state index is 12.0. The van der Waals surface area contributed by atoms with Crippen molar-refractivity contribution in [1.82, 2.24) is 15.1 Å². The maximum absolute atomic E-state index is 12.0. The second kappa shape index (κ2) is 6.04. The first-order valence-corrected chi connectivity index (χ1v) is 6.28. The Kier molecular flexibility index (Phi) is 4.17. The van der Waals surface area contributed by atoms with Crippen LogP contribution in [0, 0.1) is 10.1 Å². The number of nitro groups is 1. The summed E-state index contributed by atoms with van der Waals surface area (Å²) < 4.78 is 1.67. The van der Waals surface area contributed by atoms with Crippen molar-refractivity contribution in [2.45, 2.75) is 6.42 Å². The average molecular weight is 289 g/mol. The van der Waals surface area contributed by atoms with Gasteiger partial charge in [-0.25, -0.2) is 0 Å². The van der Waals surface area contributed by atoms with Gasteiger partial charge in [0, 0.05) is 26.2 Å². The minimum Gasteiger partial charge on any atom is -0.393 e. The van der Waals surface area contributed by atoms with Gasteiger partial charge in [0.25, 0.3) is 5.91 Å². The van der Waals surface area contributed by atoms with E-state index in [0.717, 1.165) is 5.69 Å². The van der Waals surface area contributed by atoms with Gasteiger partial charge in [-0.1, -0.05) is 6.07 Å². The number of nitrogens with two attached hydrogens (primary N) is 1. The lowest BCUT2D eigenvalue weighted by atomic mass is 10.1. The third-order valence-corrected chi connectivity index (χ3v) is 2.93. The molecule has 0 aliphatic heterocycles. The Morgan fingerprint density at radius 1 is 1.48 bits per heavy atom. The minimum absolute atomic E-state index is 0.0302. The number of hydrogen-bond donors (Lipinski definition) is 2. The molecule has 2 aromatic rings. The lowest BCUT2D eigenvalue weighted by molar-refractivity contribution is -0.384. The van der Waals surface area contributed by atoms with Crippen LogP contribution in [0.2, 0.25) is 0 Å². The molecular formula is C13H15N5O3. The molecular weight excluding hydrogens is 274 g/mol. The van der Waals surface area contributed by atoms with E-state index >= 15 is 0 Å². The molecule has 0 spiro atoms. The van der Waals surface area contributed by atoms with Gasteiger partial charge < -0.3 is 11.1 Å². The molecule has 2 rings (SSSR count). The Bertz CT molecular complexity index is 680. The van der Waals surface area contributed by atoms with Gasteiger partial charge in [0.1, 0.15) is 11.3 Å². The van der Waals surface area contributed by atoms with E-state index in [2.05, 4.69) is 10.4 Å². The number of anilines is 1. The summed E-state index contributed by atoms with van der Waals surface area (Å²) in [4.78, 5) is 22.3. The number of carbonyl (C=O) groups excluding carboxylic acids is 1. The fourth-order valence-electron chi connectivity index (χ4n) is 1.94. The monoisotopic (exact) mass is 289 g/mol. The molecule has 110 valence electrons. The zero-order valence-corrected chi connectivity index (χ0v) is 11.4. The molecule has 0 unspecified atom stereocenters. The summed E-state index contributed by atoms with van der Waals surface area (Å²) in [6.07, 6.45) is 2.35. The van der Waals surface area contributed by atoms with Crippen LogP contribution in [0.25, 0.3) is 0 Å². The molecule has 0 fully saturated rings. The Morgan fingerprint density at radius 2 is 2.24 bits per heavy atom. The van der Waals surface area contributed by atoms with Crippen LogP contribution in [-0.2, 0) is 13.5 Å². The van der Waals surface area contributed by atoms with Gasteiger partial charge in [0.05, 0.1) is 10.6 Å². The quantitative estimate of drug-likeness (QED) is 0.481. The van der Waals surface area contributed by atoms with Gasteiger partial charge in [-0.05, 0) is 18.2 Å². The largest absolute Gasteiger partial charge is 0.393 e. The van der Waals surface area contributed by atoms with Crippen LogP contribution in [0.4, 0.5) is 11.4 Å². The standard InChI is InChI=1S/C13H15N5O3/c1-17-8-6-9(16-17)5-7-15-13(19)10-3-2-4-11(14)12(10)18(20)21/h2-4,6,8H,5,7,14H2,1H3,(H,15,19). The van der Waals surface area contributed by atoms with Crippen LogP contribution in [0.3, 0.4) is 0 Å². The van der Waals surface area contributed by atoms with E-state index in [4.69, 9.17) is 5.73 Å². The summed E-state index contributed by atoms with van der Waals surface area (Å²) in [6.45, 7) is 0.335. The minimum atomic E-state index is -0.650. The Labute approximate surface area is 120 Å². The van der Waals surface area contributed by atoms with E-state index in [9.17, 15) is 14.9 Å². The van der Waals surface area contributed by atoms with Crippen LogP contribution in [-0.4, -0.2) is 27.2 Å². The van der Waals surface area contributed by atoms with Gasteiger partial charge in [0.15, 0.2) is 0 Å². The van der Waals surface area contributed by atoms with Crippen LogP contribution >= 0.6 is 0 Å². The van der Waals surface area contributed by atoms with Crippen molar-refractivity contribution in [3.63, 3.8) is 0 Å². The van der Waals surface area contributed by atoms with Crippen molar-refractivity contribution in [3.8, 4) is 0 Å². The van der Waals surface area contributed by atoms with E-state index in [-0.39, 0.29) is 16.9 Å². The number of benzene rings is 1. The Morgan fingerprint density at radius 3 is 2.86 bits per heavy atom. The van der Waals surface area contributed by atoms with Crippen molar-refractivity contribution < 1.29 is 9.72 Å². The summed E-state index contributed by atoms with van der Waals surface area (Å²) in [7, 11) is 1.80. The first kappa shape index (κ1) is 14.5. The number of hydrogen-bond acceptors (Lipinski definition) is 5. The molecule has 1 heterocycles. The van der Waals surface area contributed by atoms with E-state index in [0.29, 0.717) is 13.0 Å². The second-order valence-electron chi connectivity index (χ2n) is 4.49. The van der Waals surface area contributed by atoms with Crippen LogP contribution in [0.15, 0.2) is 30.5 Å². The Balaban J connectivity index is 2.04. The SMILES string of the molecule is Cn1ccc(CCNC(=O)c2cccc(N)c2[N+](=O)[O-])n1. The molecule has 0 radical (unpaired) electrons. The van der Waals surface area contributed by atoms with Crippen molar-refractivity contribution in [2.75, 3.05) is 12.3 Å². The highest BCUT2D eigenvalue weighted by molar-refractivity contribution is 6.00. The molecule has 1 amide bonds. The smallest absolute Gasteiger partial charge is 0.304 e. The van der Waals surface area contributed by atoms with Crippen LogP contribution in [0.1, 0.15) is 16.1 Å². The summed E-state index contributed by atoms with van der Waals surface area (Å²) in [5.41, 5.74) is 5.94. The molecule has 0 aliphatic carbocycles. The topological polar surface area (TPSA) is 116 Å². The third kappa shape index (κ3) is 3.35. The normalized spacial score (nSPS) is 10.3. The molecule has 0 bridgehead atoms. The van der Waals surface area contributed by atoms with Crippen LogP contribution in [0.5, 0.6) is 0 Å². The number of nitro benzene ring substituents is 1. The maximum Gasteiger partial charge on any atom is 0.304 e. The molecule has 8 nitrogen and oxygen atoms in total. The second-order valence-corrected chi connectivity index (χ2v) is 4.49. The summed E-state index contributed by atoms with van der Waals surface area (Å²) >= 11 is 0.